The van der Waals surface area contributed by atoms with Crippen molar-refractivity contribution < 1.29 is 13.6 Å². The molecule has 0 bridgehead atoms. The minimum Gasteiger partial charge on any atom is -0.324 e. The van der Waals surface area contributed by atoms with Gasteiger partial charge in [-0.05, 0) is 48.1 Å². The molecule has 164 valence electrons. The molecular weight excluding hydrogens is 436 g/mol. The topological polar surface area (TPSA) is 73.1 Å². The van der Waals surface area contributed by atoms with Crippen LogP contribution in [0.4, 0.5) is 14.5 Å². The lowest BCUT2D eigenvalue weighted by molar-refractivity contribution is -0.116. The van der Waals surface area contributed by atoms with Gasteiger partial charge in [-0.2, -0.15) is 0 Å². The van der Waals surface area contributed by atoms with Crippen LogP contribution in [0.15, 0.2) is 57.4 Å². The van der Waals surface area contributed by atoms with Crippen LogP contribution in [-0.4, -0.2) is 15.0 Å². The lowest BCUT2D eigenvalue weighted by Gasteiger charge is -2.15. The van der Waals surface area contributed by atoms with Crippen LogP contribution in [0.2, 0.25) is 0 Å². The molecule has 4 rings (SSSR count). The van der Waals surface area contributed by atoms with Gasteiger partial charge in [0.05, 0.1) is 11.2 Å². The fourth-order valence-corrected chi connectivity index (χ4v) is 4.48. The molecule has 2 heterocycles. The van der Waals surface area contributed by atoms with E-state index in [0.29, 0.717) is 22.7 Å². The monoisotopic (exact) mass is 455 g/mol. The Bertz CT molecular complexity index is 1450. The number of para-hydroxylation sites is 1. The van der Waals surface area contributed by atoms with E-state index >= 15 is 0 Å². The summed E-state index contributed by atoms with van der Waals surface area (Å²) in [5, 5.41) is 4.47. The third-order valence-corrected chi connectivity index (χ3v) is 6.06. The van der Waals surface area contributed by atoms with Crippen LogP contribution in [0.5, 0.6) is 0 Å². The van der Waals surface area contributed by atoms with Crippen molar-refractivity contribution in [1.82, 2.24) is 9.13 Å². The Morgan fingerprint density at radius 2 is 1.81 bits per heavy atom. The van der Waals surface area contributed by atoms with Gasteiger partial charge >= 0.3 is 5.69 Å². The third-order valence-electron chi connectivity index (χ3n) is 5.17. The second-order valence-electron chi connectivity index (χ2n) is 7.28. The van der Waals surface area contributed by atoms with E-state index in [-0.39, 0.29) is 22.4 Å². The van der Waals surface area contributed by atoms with Gasteiger partial charge in [-0.25, -0.2) is 18.1 Å². The summed E-state index contributed by atoms with van der Waals surface area (Å²) in [7, 11) is 0. The maximum absolute atomic E-state index is 13.8. The molecular formula is C23H19F2N3O3S. The Kier molecular flexibility index (Phi) is 5.75. The average molecular weight is 455 g/mol. The van der Waals surface area contributed by atoms with Gasteiger partial charge in [0.1, 0.15) is 22.9 Å². The number of thiophene rings is 1. The number of carbonyl (C=O) groups excluding carboxylic acids is 1. The molecule has 0 aliphatic heterocycles. The predicted molar refractivity (Wildman–Crippen MR) is 121 cm³/mol. The lowest BCUT2D eigenvalue weighted by atomic mass is 10.1. The average Bonchev–Trinajstić information content (AvgIpc) is 3.22. The molecule has 0 fully saturated rings. The SMILES string of the molecule is CCc1cccc(C)c1NC(=O)Cn1c(=O)n(-c2cc(F)cc(F)c2)c(=O)c2sccc21. The first-order valence-corrected chi connectivity index (χ1v) is 10.8. The number of carbonyl (C=O) groups is 1. The van der Waals surface area contributed by atoms with Gasteiger partial charge in [-0.15, -0.1) is 11.3 Å². The van der Waals surface area contributed by atoms with Gasteiger partial charge in [0.25, 0.3) is 5.56 Å². The molecule has 1 N–H and O–H groups in total. The van der Waals surface area contributed by atoms with Gasteiger partial charge in [-0.3, -0.25) is 14.2 Å². The van der Waals surface area contributed by atoms with Gasteiger partial charge in [0.2, 0.25) is 5.91 Å². The van der Waals surface area contributed by atoms with Gasteiger partial charge in [0.15, 0.2) is 0 Å². The first kappa shape index (κ1) is 21.6. The molecule has 2 aromatic heterocycles. The minimum absolute atomic E-state index is 0.201. The molecule has 0 spiro atoms. The zero-order valence-electron chi connectivity index (χ0n) is 17.3. The fraction of sp³-hybridized carbons (Fsp3) is 0.174. The van der Waals surface area contributed by atoms with Crippen molar-refractivity contribution in [2.45, 2.75) is 26.8 Å². The molecule has 0 atom stereocenters. The van der Waals surface area contributed by atoms with E-state index in [1.54, 1.807) is 11.4 Å². The third kappa shape index (κ3) is 3.87. The van der Waals surface area contributed by atoms with E-state index in [1.165, 1.54) is 0 Å². The second-order valence-corrected chi connectivity index (χ2v) is 8.20. The van der Waals surface area contributed by atoms with Crippen LogP contribution in [0.3, 0.4) is 0 Å². The molecule has 0 saturated carbocycles. The number of aromatic nitrogens is 2. The second kappa shape index (κ2) is 8.51. The summed E-state index contributed by atoms with van der Waals surface area (Å²) >= 11 is 1.08. The fourth-order valence-electron chi connectivity index (χ4n) is 3.66. The zero-order valence-corrected chi connectivity index (χ0v) is 18.1. The van der Waals surface area contributed by atoms with Crippen molar-refractivity contribution >= 4 is 33.1 Å². The highest BCUT2D eigenvalue weighted by Gasteiger charge is 2.19. The summed E-state index contributed by atoms with van der Waals surface area (Å²) in [6.45, 7) is 3.47. The molecule has 32 heavy (non-hydrogen) atoms. The summed E-state index contributed by atoms with van der Waals surface area (Å²) < 4.78 is 29.6. The summed E-state index contributed by atoms with van der Waals surface area (Å²) in [5.41, 5.74) is 0.992. The van der Waals surface area contributed by atoms with Gasteiger partial charge in [-0.1, -0.05) is 25.1 Å². The van der Waals surface area contributed by atoms with E-state index in [9.17, 15) is 23.2 Å². The Balaban J connectivity index is 1.82. The Morgan fingerprint density at radius 1 is 1.09 bits per heavy atom. The van der Waals surface area contributed by atoms with Crippen LogP contribution in [0, 0.1) is 18.6 Å². The van der Waals surface area contributed by atoms with Crippen molar-refractivity contribution in [3.8, 4) is 5.69 Å². The number of anilines is 1. The highest BCUT2D eigenvalue weighted by molar-refractivity contribution is 7.17. The van der Waals surface area contributed by atoms with E-state index in [0.717, 1.165) is 39.2 Å². The van der Waals surface area contributed by atoms with Crippen LogP contribution in [0.1, 0.15) is 18.1 Å². The number of nitrogens with one attached hydrogen (secondary N) is 1. The highest BCUT2D eigenvalue weighted by Crippen LogP contribution is 2.22. The molecule has 0 aliphatic carbocycles. The lowest BCUT2D eigenvalue weighted by Crippen LogP contribution is -2.40. The number of rotatable bonds is 5. The molecule has 6 nitrogen and oxygen atoms in total. The molecule has 0 saturated heterocycles. The molecule has 1 amide bonds. The number of halogens is 2. The zero-order chi connectivity index (χ0) is 23.0. The van der Waals surface area contributed by atoms with Crippen molar-refractivity contribution in [2.24, 2.45) is 0 Å². The van der Waals surface area contributed by atoms with E-state index < -0.39 is 28.8 Å². The Hall–Kier alpha value is -3.59. The summed E-state index contributed by atoms with van der Waals surface area (Å²) in [6.07, 6.45) is 0.710. The Labute approximate surface area is 185 Å². The predicted octanol–water partition coefficient (Wildman–Crippen LogP) is 4.00. The van der Waals surface area contributed by atoms with Crippen molar-refractivity contribution in [2.75, 3.05) is 5.32 Å². The van der Waals surface area contributed by atoms with E-state index in [1.807, 2.05) is 32.0 Å². The molecule has 0 radical (unpaired) electrons. The molecule has 4 aromatic rings. The van der Waals surface area contributed by atoms with Crippen LogP contribution < -0.4 is 16.6 Å². The quantitative estimate of drug-likeness (QED) is 0.494. The normalized spacial score (nSPS) is 11.1. The smallest absolute Gasteiger partial charge is 0.324 e. The van der Waals surface area contributed by atoms with Crippen molar-refractivity contribution in [3.63, 3.8) is 0 Å². The molecule has 0 aliphatic rings. The van der Waals surface area contributed by atoms with Crippen LogP contribution in [0.25, 0.3) is 15.9 Å². The number of hydrogen-bond donors (Lipinski definition) is 1. The first-order valence-electron chi connectivity index (χ1n) is 9.88. The first-order chi connectivity index (χ1) is 15.3. The number of amides is 1. The molecule has 2 aromatic carbocycles. The number of nitrogens with zero attached hydrogens (tertiary/aromatic N) is 2. The van der Waals surface area contributed by atoms with Gasteiger partial charge < -0.3 is 5.32 Å². The van der Waals surface area contributed by atoms with E-state index in [4.69, 9.17) is 0 Å². The van der Waals surface area contributed by atoms with Crippen molar-refractivity contribution in [1.29, 1.82) is 0 Å². The standard InChI is InChI=1S/C23H19F2N3O3S/c1-3-14-6-4-5-13(2)20(14)26-19(29)12-27-18-7-8-32-21(18)22(30)28(23(27)31)17-10-15(24)9-16(25)11-17/h4-11H,3,12H2,1-2H3,(H,26,29). The summed E-state index contributed by atoms with van der Waals surface area (Å²) in [5.74, 6) is -2.30. The van der Waals surface area contributed by atoms with Crippen molar-refractivity contribution in [3.05, 3.63) is 91.4 Å². The number of fused-ring (bicyclic) bond motifs is 1. The van der Waals surface area contributed by atoms with Gasteiger partial charge in [0, 0.05) is 11.8 Å². The molecule has 0 unspecified atom stereocenters. The molecule has 9 heteroatoms. The van der Waals surface area contributed by atoms with Crippen LogP contribution in [-0.2, 0) is 17.8 Å². The highest BCUT2D eigenvalue weighted by atomic mass is 32.1. The summed E-state index contributed by atoms with van der Waals surface area (Å²) in [4.78, 5) is 39.0. The number of benzene rings is 2. The largest absolute Gasteiger partial charge is 0.336 e. The maximum Gasteiger partial charge on any atom is 0.336 e. The number of aryl methyl sites for hydroxylation is 2. The Morgan fingerprint density at radius 3 is 2.50 bits per heavy atom. The van der Waals surface area contributed by atoms with E-state index in [2.05, 4.69) is 5.32 Å². The number of hydrogen-bond acceptors (Lipinski definition) is 4. The minimum atomic E-state index is -0.923. The van der Waals surface area contributed by atoms with Crippen LogP contribution >= 0.6 is 11.3 Å². The maximum atomic E-state index is 13.8. The summed E-state index contributed by atoms with van der Waals surface area (Å²) in [6, 6.07) is 9.70.